The second kappa shape index (κ2) is 5.57. The maximum absolute atomic E-state index is 5.20. The molecule has 2 rings (SSSR count). The van der Waals surface area contributed by atoms with E-state index in [-0.39, 0.29) is 5.41 Å². The molecule has 0 aliphatic carbocycles. The van der Waals surface area contributed by atoms with Crippen LogP contribution in [0.5, 0.6) is 5.88 Å². The van der Waals surface area contributed by atoms with Gasteiger partial charge in [0, 0.05) is 16.8 Å². The molecule has 2 aromatic heterocycles. The lowest BCUT2D eigenvalue weighted by molar-refractivity contribution is 0.393. The second-order valence-electron chi connectivity index (χ2n) is 5.07. The third kappa shape index (κ3) is 3.04. The van der Waals surface area contributed by atoms with Crippen LogP contribution in [-0.2, 0) is 5.41 Å². The predicted molar refractivity (Wildman–Crippen MR) is 79.2 cm³/mol. The summed E-state index contributed by atoms with van der Waals surface area (Å²) < 4.78 is 5.20. The van der Waals surface area contributed by atoms with Gasteiger partial charge in [-0.2, -0.15) is 0 Å². The molecule has 0 amide bonds. The van der Waals surface area contributed by atoms with Gasteiger partial charge in [-0.05, 0) is 18.4 Å². The summed E-state index contributed by atoms with van der Waals surface area (Å²) in [5.74, 6) is 1.45. The summed E-state index contributed by atoms with van der Waals surface area (Å²) in [5.41, 5.74) is 1.01. The molecular formula is C14H19N3OS. The molecule has 1 N–H and O–H groups in total. The Kier molecular flexibility index (Phi) is 4.04. The number of anilines is 1. The van der Waals surface area contributed by atoms with Gasteiger partial charge < -0.3 is 10.1 Å². The van der Waals surface area contributed by atoms with Crippen LogP contribution < -0.4 is 10.1 Å². The maximum Gasteiger partial charge on any atom is 0.221 e. The first-order chi connectivity index (χ1) is 9.04. The Morgan fingerprint density at radius 1 is 1.37 bits per heavy atom. The Morgan fingerprint density at radius 2 is 2.16 bits per heavy atom. The Balaban J connectivity index is 2.11. The highest BCUT2D eigenvalue weighted by Crippen LogP contribution is 2.28. The zero-order valence-corrected chi connectivity index (χ0v) is 12.5. The number of rotatable bonds is 5. The monoisotopic (exact) mass is 277 g/mol. The number of thiophene rings is 1. The minimum absolute atomic E-state index is 0.0682. The van der Waals surface area contributed by atoms with Crippen LogP contribution in [0.1, 0.15) is 24.3 Å². The van der Waals surface area contributed by atoms with E-state index in [2.05, 4.69) is 46.6 Å². The Morgan fingerprint density at radius 3 is 2.79 bits per heavy atom. The molecule has 2 aromatic rings. The van der Waals surface area contributed by atoms with E-state index < -0.39 is 0 Å². The van der Waals surface area contributed by atoms with Gasteiger partial charge in [0.2, 0.25) is 5.88 Å². The Labute approximate surface area is 117 Å². The lowest BCUT2D eigenvalue weighted by Crippen LogP contribution is -2.27. The zero-order valence-electron chi connectivity index (χ0n) is 11.7. The molecule has 0 aromatic carbocycles. The molecule has 0 saturated carbocycles. The summed E-state index contributed by atoms with van der Waals surface area (Å²) >= 11 is 1.78. The number of ether oxygens (including phenoxy) is 1. The van der Waals surface area contributed by atoms with E-state index in [1.807, 2.05) is 6.92 Å². The van der Waals surface area contributed by atoms with Crippen LogP contribution in [0, 0.1) is 6.92 Å². The first-order valence-corrected chi connectivity index (χ1v) is 7.06. The molecular weight excluding hydrogens is 258 g/mol. The van der Waals surface area contributed by atoms with E-state index in [0.29, 0.717) is 5.88 Å². The van der Waals surface area contributed by atoms with Gasteiger partial charge in [0.15, 0.2) is 0 Å². The molecule has 0 spiro atoms. The summed E-state index contributed by atoms with van der Waals surface area (Å²) in [7, 11) is 1.62. The molecule has 0 radical (unpaired) electrons. The van der Waals surface area contributed by atoms with Gasteiger partial charge in [0.25, 0.3) is 0 Å². The standard InChI is InChI=1S/C14H19N3OS/c1-10-12(16-9-17-13(10)18-4)15-8-14(2,3)11-6-5-7-19-11/h5-7,9H,8H2,1-4H3,(H,15,16,17). The fourth-order valence-electron chi connectivity index (χ4n) is 1.87. The fourth-order valence-corrected chi connectivity index (χ4v) is 2.73. The summed E-state index contributed by atoms with van der Waals surface area (Å²) in [4.78, 5) is 9.71. The van der Waals surface area contributed by atoms with Crippen molar-refractivity contribution >= 4 is 17.2 Å². The molecule has 5 heteroatoms. The lowest BCUT2D eigenvalue weighted by Gasteiger charge is -2.24. The first-order valence-electron chi connectivity index (χ1n) is 6.18. The van der Waals surface area contributed by atoms with Crippen molar-refractivity contribution in [1.29, 1.82) is 0 Å². The molecule has 0 bridgehead atoms. The van der Waals surface area contributed by atoms with E-state index in [1.165, 1.54) is 11.2 Å². The van der Waals surface area contributed by atoms with Crippen LogP contribution in [0.3, 0.4) is 0 Å². The highest BCUT2D eigenvalue weighted by atomic mass is 32.1. The van der Waals surface area contributed by atoms with Crippen molar-refractivity contribution in [1.82, 2.24) is 9.97 Å². The molecule has 0 aliphatic rings. The molecule has 0 unspecified atom stereocenters. The number of hydrogen-bond donors (Lipinski definition) is 1. The Hall–Kier alpha value is -1.62. The Bertz CT molecular complexity index is 538. The van der Waals surface area contributed by atoms with E-state index >= 15 is 0 Å². The minimum atomic E-state index is 0.0682. The molecule has 0 atom stereocenters. The van der Waals surface area contributed by atoms with Gasteiger partial charge in [-0.3, -0.25) is 0 Å². The molecule has 4 nitrogen and oxygen atoms in total. The number of nitrogens with one attached hydrogen (secondary N) is 1. The van der Waals surface area contributed by atoms with Gasteiger partial charge in [-0.25, -0.2) is 9.97 Å². The second-order valence-corrected chi connectivity index (χ2v) is 6.02. The van der Waals surface area contributed by atoms with Gasteiger partial charge in [-0.15, -0.1) is 11.3 Å². The van der Waals surface area contributed by atoms with Crippen LogP contribution in [0.25, 0.3) is 0 Å². The van der Waals surface area contributed by atoms with Crippen LogP contribution in [0.2, 0.25) is 0 Å². The SMILES string of the molecule is COc1ncnc(NCC(C)(C)c2cccs2)c1C. The average molecular weight is 277 g/mol. The predicted octanol–water partition coefficient (Wildman–Crippen LogP) is 3.24. The smallest absolute Gasteiger partial charge is 0.221 e. The van der Waals surface area contributed by atoms with Crippen molar-refractivity contribution in [2.45, 2.75) is 26.2 Å². The van der Waals surface area contributed by atoms with Crippen molar-refractivity contribution in [2.75, 3.05) is 19.0 Å². The number of nitrogens with zero attached hydrogens (tertiary/aromatic N) is 2. The third-order valence-electron chi connectivity index (χ3n) is 3.12. The van der Waals surface area contributed by atoms with E-state index in [1.54, 1.807) is 18.4 Å². The quantitative estimate of drug-likeness (QED) is 0.911. The zero-order chi connectivity index (χ0) is 13.9. The van der Waals surface area contributed by atoms with E-state index in [9.17, 15) is 0 Å². The van der Waals surface area contributed by atoms with Crippen molar-refractivity contribution in [3.05, 3.63) is 34.3 Å². The molecule has 19 heavy (non-hydrogen) atoms. The summed E-state index contributed by atoms with van der Waals surface area (Å²) in [6.45, 7) is 7.22. The highest BCUT2D eigenvalue weighted by Gasteiger charge is 2.22. The average Bonchev–Trinajstić information content (AvgIpc) is 2.92. The van der Waals surface area contributed by atoms with Crippen molar-refractivity contribution in [2.24, 2.45) is 0 Å². The summed E-state index contributed by atoms with van der Waals surface area (Å²) in [6, 6.07) is 4.25. The molecule has 0 aliphatic heterocycles. The van der Waals surface area contributed by atoms with E-state index in [0.717, 1.165) is 17.9 Å². The first kappa shape index (κ1) is 13.8. The molecule has 2 heterocycles. The molecule has 102 valence electrons. The molecule has 0 fully saturated rings. The highest BCUT2D eigenvalue weighted by molar-refractivity contribution is 7.10. The van der Waals surface area contributed by atoms with Crippen LogP contribution in [0.15, 0.2) is 23.8 Å². The van der Waals surface area contributed by atoms with Gasteiger partial charge in [0.1, 0.15) is 12.1 Å². The van der Waals surface area contributed by atoms with Gasteiger partial charge in [0.05, 0.1) is 12.7 Å². The molecule has 0 saturated heterocycles. The van der Waals surface area contributed by atoms with E-state index in [4.69, 9.17) is 4.74 Å². The van der Waals surface area contributed by atoms with Crippen LogP contribution in [0.4, 0.5) is 5.82 Å². The number of methoxy groups -OCH3 is 1. The van der Waals surface area contributed by atoms with Crippen molar-refractivity contribution in [3.8, 4) is 5.88 Å². The topological polar surface area (TPSA) is 47.0 Å². The summed E-state index contributed by atoms with van der Waals surface area (Å²) in [6.07, 6.45) is 1.52. The van der Waals surface area contributed by atoms with Crippen LogP contribution in [-0.4, -0.2) is 23.6 Å². The number of aromatic nitrogens is 2. The normalized spacial score (nSPS) is 11.4. The minimum Gasteiger partial charge on any atom is -0.481 e. The third-order valence-corrected chi connectivity index (χ3v) is 4.35. The lowest BCUT2D eigenvalue weighted by atomic mass is 9.91. The van der Waals surface area contributed by atoms with Gasteiger partial charge >= 0.3 is 0 Å². The largest absolute Gasteiger partial charge is 0.481 e. The van der Waals surface area contributed by atoms with Gasteiger partial charge in [-0.1, -0.05) is 19.9 Å². The van der Waals surface area contributed by atoms with Crippen molar-refractivity contribution in [3.63, 3.8) is 0 Å². The number of hydrogen-bond acceptors (Lipinski definition) is 5. The maximum atomic E-state index is 5.20. The fraction of sp³-hybridized carbons (Fsp3) is 0.429. The van der Waals surface area contributed by atoms with Crippen LogP contribution >= 0.6 is 11.3 Å². The van der Waals surface area contributed by atoms with Crippen molar-refractivity contribution < 1.29 is 4.74 Å². The summed E-state index contributed by atoms with van der Waals surface area (Å²) in [5, 5.41) is 5.50.